The first kappa shape index (κ1) is 15.9. The van der Waals surface area contributed by atoms with Crippen molar-refractivity contribution in [3.63, 3.8) is 0 Å². The molecular weight excluding hydrogens is 270 g/mol. The van der Waals surface area contributed by atoms with E-state index in [4.69, 9.17) is 0 Å². The van der Waals surface area contributed by atoms with E-state index in [2.05, 4.69) is 0 Å². The van der Waals surface area contributed by atoms with Gasteiger partial charge in [-0.1, -0.05) is 48.5 Å². The van der Waals surface area contributed by atoms with Crippen LogP contribution in [0.5, 0.6) is 0 Å². The van der Waals surface area contributed by atoms with Gasteiger partial charge in [-0.3, -0.25) is 0 Å². The Morgan fingerprint density at radius 1 is 0.833 bits per heavy atom. The summed E-state index contributed by atoms with van der Waals surface area (Å²) in [5.74, 6) is -0.854. The normalized spacial score (nSPS) is 10.9. The van der Waals surface area contributed by atoms with Gasteiger partial charge in [0, 0.05) is 5.56 Å². The first-order valence-electron chi connectivity index (χ1n) is 5.03. The fourth-order valence-electron chi connectivity index (χ4n) is 1.59. The minimum atomic E-state index is -5.15. The van der Waals surface area contributed by atoms with Gasteiger partial charge >= 0.3 is 58.4 Å². The van der Waals surface area contributed by atoms with E-state index in [1.54, 1.807) is 30.3 Å². The standard InChI is InChI=1S/C12H8BF4.K/c14-12-8-10(13(15,16)17)6-7-11(12)9-4-2-1-3-5-9;/h1-8H;/q-1;+1. The maximum atomic E-state index is 13.6. The molecule has 0 saturated carbocycles. The molecule has 0 bridgehead atoms. The molecule has 18 heavy (non-hydrogen) atoms. The van der Waals surface area contributed by atoms with E-state index in [9.17, 15) is 17.3 Å². The van der Waals surface area contributed by atoms with Crippen LogP contribution in [0.3, 0.4) is 0 Å². The van der Waals surface area contributed by atoms with Crippen molar-refractivity contribution in [1.29, 1.82) is 0 Å². The van der Waals surface area contributed by atoms with Crippen LogP contribution in [0.1, 0.15) is 0 Å². The Morgan fingerprint density at radius 2 is 1.44 bits per heavy atom. The predicted molar refractivity (Wildman–Crippen MR) is 60.5 cm³/mol. The maximum absolute atomic E-state index is 13.6. The molecule has 0 aliphatic carbocycles. The van der Waals surface area contributed by atoms with Crippen LogP contribution in [0.4, 0.5) is 17.3 Å². The van der Waals surface area contributed by atoms with E-state index in [1.165, 1.54) is 0 Å². The summed E-state index contributed by atoms with van der Waals surface area (Å²) in [7, 11) is 0. The van der Waals surface area contributed by atoms with Crippen molar-refractivity contribution in [1.82, 2.24) is 0 Å². The second-order valence-electron chi connectivity index (χ2n) is 3.68. The van der Waals surface area contributed by atoms with Gasteiger partial charge in [-0.05, 0) is 5.56 Å². The van der Waals surface area contributed by atoms with E-state index >= 15 is 0 Å². The second-order valence-corrected chi connectivity index (χ2v) is 3.68. The minimum absolute atomic E-state index is 0. The summed E-state index contributed by atoms with van der Waals surface area (Å²) < 4.78 is 50.8. The van der Waals surface area contributed by atoms with Crippen molar-refractivity contribution in [2.45, 2.75) is 0 Å². The molecule has 0 saturated heterocycles. The van der Waals surface area contributed by atoms with Gasteiger partial charge in [0.25, 0.3) is 0 Å². The quantitative estimate of drug-likeness (QED) is 0.556. The SMILES string of the molecule is Fc1cc([B-](F)(F)F)ccc1-c1ccccc1.[K+]. The van der Waals surface area contributed by atoms with Crippen molar-refractivity contribution < 1.29 is 68.7 Å². The van der Waals surface area contributed by atoms with Crippen molar-refractivity contribution in [3.8, 4) is 11.1 Å². The number of rotatable bonds is 2. The Kier molecular flexibility index (Phi) is 5.61. The molecular formula is C12H8BF4K. The minimum Gasteiger partial charge on any atom is -0.445 e. The van der Waals surface area contributed by atoms with Crippen LogP contribution in [0.25, 0.3) is 11.1 Å². The molecule has 0 N–H and O–H groups in total. The Morgan fingerprint density at radius 3 is 1.94 bits per heavy atom. The van der Waals surface area contributed by atoms with Crippen LogP contribution in [0, 0.1) is 5.82 Å². The molecule has 88 valence electrons. The summed E-state index contributed by atoms with van der Waals surface area (Å²) in [6.07, 6.45) is 0. The molecule has 0 aliphatic heterocycles. The maximum Gasteiger partial charge on any atom is 1.00 e. The number of hydrogen-bond donors (Lipinski definition) is 0. The summed E-state index contributed by atoms with van der Waals surface area (Å²) >= 11 is 0. The molecule has 0 aliphatic rings. The van der Waals surface area contributed by atoms with Crippen LogP contribution in [0.2, 0.25) is 0 Å². The third-order valence-corrected chi connectivity index (χ3v) is 2.46. The van der Waals surface area contributed by atoms with Gasteiger partial charge in [0.15, 0.2) is 0 Å². The second kappa shape index (κ2) is 6.34. The predicted octanol–water partition coefficient (Wildman–Crippen LogP) is 0.551. The van der Waals surface area contributed by atoms with Gasteiger partial charge in [0.2, 0.25) is 0 Å². The van der Waals surface area contributed by atoms with E-state index in [-0.39, 0.29) is 56.9 Å². The van der Waals surface area contributed by atoms with Crippen molar-refractivity contribution >= 4 is 12.4 Å². The summed E-state index contributed by atoms with van der Waals surface area (Å²) in [4.78, 5) is 0. The van der Waals surface area contributed by atoms with E-state index in [1.807, 2.05) is 0 Å². The largest absolute Gasteiger partial charge is 1.00 e. The molecule has 0 heterocycles. The first-order valence-corrected chi connectivity index (χ1v) is 5.03. The van der Waals surface area contributed by atoms with Crippen molar-refractivity contribution in [2.75, 3.05) is 0 Å². The van der Waals surface area contributed by atoms with E-state index in [0.717, 1.165) is 12.1 Å². The topological polar surface area (TPSA) is 0 Å². The molecule has 2 aromatic carbocycles. The number of benzene rings is 2. The Hall–Kier alpha value is -0.139. The summed E-state index contributed by atoms with van der Waals surface area (Å²) in [5, 5.41) is 0. The molecule has 0 amide bonds. The monoisotopic (exact) mass is 278 g/mol. The first-order chi connectivity index (χ1) is 7.98. The van der Waals surface area contributed by atoms with Gasteiger partial charge in [0.1, 0.15) is 5.82 Å². The van der Waals surface area contributed by atoms with Gasteiger partial charge in [-0.15, -0.1) is 5.46 Å². The van der Waals surface area contributed by atoms with E-state index in [0.29, 0.717) is 11.6 Å². The van der Waals surface area contributed by atoms with Gasteiger partial charge in [0.05, 0.1) is 0 Å². The van der Waals surface area contributed by atoms with Crippen molar-refractivity contribution in [2.24, 2.45) is 0 Å². The number of halogens is 4. The average molecular weight is 278 g/mol. The third kappa shape index (κ3) is 3.68. The molecule has 0 fully saturated rings. The van der Waals surface area contributed by atoms with Crippen LogP contribution < -0.4 is 56.8 Å². The molecule has 0 radical (unpaired) electrons. The molecule has 2 aromatic rings. The van der Waals surface area contributed by atoms with Crippen LogP contribution in [-0.4, -0.2) is 6.98 Å². The van der Waals surface area contributed by atoms with Gasteiger partial charge < -0.3 is 12.9 Å². The molecule has 0 unspecified atom stereocenters. The van der Waals surface area contributed by atoms with E-state index < -0.39 is 18.3 Å². The summed E-state index contributed by atoms with van der Waals surface area (Å²) in [5.41, 5.74) is -0.178. The fraction of sp³-hybridized carbons (Fsp3) is 0. The average Bonchev–Trinajstić information content (AvgIpc) is 2.29. The molecule has 0 spiro atoms. The third-order valence-electron chi connectivity index (χ3n) is 2.46. The summed E-state index contributed by atoms with van der Waals surface area (Å²) in [6, 6.07) is 11.1. The zero-order valence-electron chi connectivity index (χ0n) is 9.71. The Labute approximate surface area is 145 Å². The Balaban J connectivity index is 0.00000162. The van der Waals surface area contributed by atoms with Gasteiger partial charge in [-0.25, -0.2) is 4.39 Å². The molecule has 0 nitrogen and oxygen atoms in total. The van der Waals surface area contributed by atoms with Crippen LogP contribution >= 0.6 is 0 Å². The zero-order valence-corrected chi connectivity index (χ0v) is 12.8. The molecule has 0 aromatic heterocycles. The van der Waals surface area contributed by atoms with Gasteiger partial charge in [-0.2, -0.15) is 0 Å². The summed E-state index contributed by atoms with van der Waals surface area (Å²) in [6.45, 7) is -5.15. The van der Waals surface area contributed by atoms with Crippen LogP contribution in [-0.2, 0) is 0 Å². The van der Waals surface area contributed by atoms with Crippen LogP contribution in [0.15, 0.2) is 48.5 Å². The zero-order chi connectivity index (χ0) is 12.5. The molecule has 6 heteroatoms. The number of hydrogen-bond acceptors (Lipinski definition) is 0. The Bertz CT molecular complexity index is 525. The smallest absolute Gasteiger partial charge is 0.445 e. The van der Waals surface area contributed by atoms with Crippen molar-refractivity contribution in [3.05, 3.63) is 54.3 Å². The molecule has 0 atom stereocenters. The fourth-order valence-corrected chi connectivity index (χ4v) is 1.59. The molecule has 2 rings (SSSR count).